The molecule has 1 aromatic carbocycles. The molecule has 7 nitrogen and oxygen atoms in total. The van der Waals surface area contributed by atoms with E-state index in [0.717, 1.165) is 5.56 Å². The molecule has 0 saturated heterocycles. The third kappa shape index (κ3) is 4.30. The van der Waals surface area contributed by atoms with Gasteiger partial charge in [0.25, 0.3) is 0 Å². The van der Waals surface area contributed by atoms with Crippen molar-refractivity contribution in [1.29, 1.82) is 0 Å². The van der Waals surface area contributed by atoms with Crippen LogP contribution in [0.15, 0.2) is 47.6 Å². The molecule has 0 aliphatic carbocycles. The lowest BCUT2D eigenvalue weighted by Crippen LogP contribution is -2.27. The first kappa shape index (κ1) is 17.9. The summed E-state index contributed by atoms with van der Waals surface area (Å²) < 4.78 is 33.2. The summed E-state index contributed by atoms with van der Waals surface area (Å²) >= 11 is 0. The van der Waals surface area contributed by atoms with Gasteiger partial charge in [0, 0.05) is 31.0 Å². The predicted octanol–water partition coefficient (Wildman–Crippen LogP) is 2.09. The van der Waals surface area contributed by atoms with E-state index in [9.17, 15) is 13.2 Å². The largest absolute Gasteiger partial charge is 0.495 e. The molecule has 0 saturated carbocycles. The monoisotopic (exact) mass is 349 g/mol. The van der Waals surface area contributed by atoms with E-state index in [-0.39, 0.29) is 16.6 Å². The van der Waals surface area contributed by atoms with Crippen LogP contribution in [0.5, 0.6) is 5.75 Å². The smallest absolute Gasteiger partial charge is 0.244 e. The summed E-state index contributed by atoms with van der Waals surface area (Å²) in [4.78, 5) is 15.0. The Balaban J connectivity index is 2.35. The van der Waals surface area contributed by atoms with Gasteiger partial charge in [-0.05, 0) is 42.8 Å². The quantitative estimate of drug-likeness (QED) is 0.832. The van der Waals surface area contributed by atoms with Crippen molar-refractivity contribution in [3.63, 3.8) is 0 Å². The average Bonchev–Trinajstić information content (AvgIpc) is 2.54. The average molecular weight is 349 g/mol. The SMILES string of the molecule is COc1ccc(NC(C)=O)cc1S(=O)(=O)NC(C)c1ccncc1. The van der Waals surface area contributed by atoms with Gasteiger partial charge in [0.15, 0.2) is 0 Å². The zero-order valence-corrected chi connectivity index (χ0v) is 14.4. The fourth-order valence-electron chi connectivity index (χ4n) is 2.18. The molecule has 1 atom stereocenters. The summed E-state index contributed by atoms with van der Waals surface area (Å²) in [5.41, 5.74) is 1.16. The molecule has 1 unspecified atom stereocenters. The minimum Gasteiger partial charge on any atom is -0.495 e. The zero-order chi connectivity index (χ0) is 17.7. The van der Waals surface area contributed by atoms with Crippen molar-refractivity contribution in [3.8, 4) is 5.75 Å². The normalized spacial score (nSPS) is 12.5. The van der Waals surface area contributed by atoms with Gasteiger partial charge in [0.1, 0.15) is 10.6 Å². The highest BCUT2D eigenvalue weighted by atomic mass is 32.2. The fraction of sp³-hybridized carbons (Fsp3) is 0.250. The summed E-state index contributed by atoms with van der Waals surface area (Å²) in [5, 5.41) is 2.56. The van der Waals surface area contributed by atoms with Crippen molar-refractivity contribution in [2.24, 2.45) is 0 Å². The summed E-state index contributed by atoms with van der Waals surface area (Å²) in [7, 11) is -2.47. The maximum absolute atomic E-state index is 12.7. The molecule has 0 bridgehead atoms. The number of carbonyl (C=O) groups is 1. The number of sulfonamides is 1. The highest BCUT2D eigenvalue weighted by Crippen LogP contribution is 2.28. The molecule has 8 heteroatoms. The third-order valence-corrected chi connectivity index (χ3v) is 4.87. The highest BCUT2D eigenvalue weighted by molar-refractivity contribution is 7.89. The van der Waals surface area contributed by atoms with Crippen molar-refractivity contribution in [2.45, 2.75) is 24.8 Å². The molecule has 128 valence electrons. The predicted molar refractivity (Wildman–Crippen MR) is 90.3 cm³/mol. The molecule has 0 aliphatic heterocycles. The molecule has 24 heavy (non-hydrogen) atoms. The van der Waals surface area contributed by atoms with Crippen molar-refractivity contribution in [3.05, 3.63) is 48.3 Å². The summed E-state index contributed by atoms with van der Waals surface area (Å²) in [6.45, 7) is 3.08. The molecule has 0 aliphatic rings. The Bertz CT molecular complexity index is 822. The van der Waals surface area contributed by atoms with E-state index in [1.165, 1.54) is 26.2 Å². The molecule has 0 fully saturated rings. The second kappa shape index (κ2) is 7.41. The number of pyridine rings is 1. The number of ether oxygens (including phenoxy) is 1. The maximum Gasteiger partial charge on any atom is 0.244 e. The molecule has 2 rings (SSSR count). The van der Waals surface area contributed by atoms with Gasteiger partial charge in [-0.1, -0.05) is 0 Å². The van der Waals surface area contributed by atoms with Crippen LogP contribution in [0, 0.1) is 0 Å². The van der Waals surface area contributed by atoms with Crippen LogP contribution in [0.3, 0.4) is 0 Å². The lowest BCUT2D eigenvalue weighted by atomic mass is 10.1. The molecule has 2 N–H and O–H groups in total. The Kier molecular flexibility index (Phi) is 5.53. The number of benzene rings is 1. The Hall–Kier alpha value is -2.45. The number of anilines is 1. The summed E-state index contributed by atoms with van der Waals surface area (Å²) in [5.74, 6) is -0.0971. The fourth-order valence-corrected chi connectivity index (χ4v) is 3.61. The van der Waals surface area contributed by atoms with Gasteiger partial charge in [0.05, 0.1) is 7.11 Å². The van der Waals surface area contributed by atoms with Crippen LogP contribution < -0.4 is 14.8 Å². The van der Waals surface area contributed by atoms with Crippen molar-refractivity contribution >= 4 is 21.6 Å². The van der Waals surface area contributed by atoms with E-state index in [4.69, 9.17) is 4.74 Å². The van der Waals surface area contributed by atoms with Gasteiger partial charge in [-0.2, -0.15) is 0 Å². The Morgan fingerprint density at radius 1 is 1.21 bits per heavy atom. The number of nitrogens with one attached hydrogen (secondary N) is 2. The van der Waals surface area contributed by atoms with E-state index in [2.05, 4.69) is 15.0 Å². The number of nitrogens with zero attached hydrogens (tertiary/aromatic N) is 1. The number of methoxy groups -OCH3 is 1. The van der Waals surface area contributed by atoms with Crippen LogP contribution in [0.25, 0.3) is 0 Å². The first-order chi connectivity index (χ1) is 11.3. The number of rotatable bonds is 6. The van der Waals surface area contributed by atoms with Gasteiger partial charge < -0.3 is 10.1 Å². The summed E-state index contributed by atoms with van der Waals surface area (Å²) in [6, 6.07) is 7.45. The van der Waals surface area contributed by atoms with E-state index in [0.29, 0.717) is 5.69 Å². The second-order valence-corrected chi connectivity index (χ2v) is 6.85. The third-order valence-electron chi connectivity index (χ3n) is 3.31. The lowest BCUT2D eigenvalue weighted by molar-refractivity contribution is -0.114. The van der Waals surface area contributed by atoms with Crippen molar-refractivity contribution < 1.29 is 17.9 Å². The summed E-state index contributed by atoms with van der Waals surface area (Å²) in [6.07, 6.45) is 3.19. The van der Waals surface area contributed by atoms with Crippen LogP contribution in [0.4, 0.5) is 5.69 Å². The number of amides is 1. The van der Waals surface area contributed by atoms with E-state index in [1.54, 1.807) is 37.5 Å². The number of aromatic nitrogens is 1. The van der Waals surface area contributed by atoms with Crippen LogP contribution in [-0.2, 0) is 14.8 Å². The standard InChI is InChI=1S/C16H19N3O4S/c1-11(13-6-8-17-9-7-13)19-24(21,22)16-10-14(18-12(2)20)4-5-15(16)23-3/h4-11,19H,1-3H3,(H,18,20). The van der Waals surface area contributed by atoms with E-state index in [1.807, 2.05) is 0 Å². The van der Waals surface area contributed by atoms with Gasteiger partial charge in [-0.25, -0.2) is 13.1 Å². The molecule has 1 aromatic heterocycles. The Morgan fingerprint density at radius 3 is 2.46 bits per heavy atom. The van der Waals surface area contributed by atoms with E-state index >= 15 is 0 Å². The molecule has 1 amide bonds. The minimum atomic E-state index is -3.86. The Morgan fingerprint density at radius 2 is 1.88 bits per heavy atom. The van der Waals surface area contributed by atoms with Gasteiger partial charge in [-0.15, -0.1) is 0 Å². The minimum absolute atomic E-state index is 0.0443. The Labute approximate surface area is 141 Å². The van der Waals surface area contributed by atoms with Crippen LogP contribution in [-0.4, -0.2) is 26.4 Å². The van der Waals surface area contributed by atoms with Crippen molar-refractivity contribution in [2.75, 3.05) is 12.4 Å². The van der Waals surface area contributed by atoms with Crippen LogP contribution in [0.2, 0.25) is 0 Å². The van der Waals surface area contributed by atoms with Gasteiger partial charge >= 0.3 is 0 Å². The highest BCUT2D eigenvalue weighted by Gasteiger charge is 2.23. The number of carbonyl (C=O) groups excluding carboxylic acids is 1. The van der Waals surface area contributed by atoms with Crippen molar-refractivity contribution in [1.82, 2.24) is 9.71 Å². The lowest BCUT2D eigenvalue weighted by Gasteiger charge is -2.17. The first-order valence-electron chi connectivity index (χ1n) is 7.21. The molecular formula is C16H19N3O4S. The number of hydrogen-bond acceptors (Lipinski definition) is 5. The molecular weight excluding hydrogens is 330 g/mol. The molecule has 0 radical (unpaired) electrons. The first-order valence-corrected chi connectivity index (χ1v) is 8.69. The number of hydrogen-bond donors (Lipinski definition) is 2. The van der Waals surface area contributed by atoms with E-state index < -0.39 is 16.1 Å². The maximum atomic E-state index is 12.7. The zero-order valence-electron chi connectivity index (χ0n) is 13.6. The topological polar surface area (TPSA) is 97.4 Å². The van der Waals surface area contributed by atoms with Crippen LogP contribution in [0.1, 0.15) is 25.5 Å². The van der Waals surface area contributed by atoms with Crippen LogP contribution >= 0.6 is 0 Å². The van der Waals surface area contributed by atoms with Gasteiger partial charge in [-0.3, -0.25) is 9.78 Å². The second-order valence-electron chi connectivity index (χ2n) is 5.17. The molecule has 2 aromatic rings. The molecule has 1 heterocycles. The van der Waals surface area contributed by atoms with Gasteiger partial charge in [0.2, 0.25) is 15.9 Å². The molecule has 0 spiro atoms.